The summed E-state index contributed by atoms with van der Waals surface area (Å²) in [6.45, 7) is 4.11. The van der Waals surface area contributed by atoms with Gasteiger partial charge >= 0.3 is 0 Å². The molecule has 1 aromatic carbocycles. The monoisotopic (exact) mass is 255 g/mol. The Labute approximate surface area is 107 Å². The lowest BCUT2D eigenvalue weighted by Crippen LogP contribution is -2.39. The average molecular weight is 256 g/mol. The molecule has 0 aromatic heterocycles. The molecule has 0 radical (unpaired) electrons. The van der Waals surface area contributed by atoms with Crippen molar-refractivity contribution < 1.29 is 9.90 Å². The smallest absolute Gasteiger partial charge is 0.229 e. The maximum Gasteiger partial charge on any atom is 0.229 e. The third-order valence-corrected chi connectivity index (χ3v) is 3.26. The lowest BCUT2D eigenvalue weighted by atomic mass is 9.94. The number of rotatable bonds is 4. The van der Waals surface area contributed by atoms with Gasteiger partial charge in [-0.25, -0.2) is 0 Å². The average Bonchev–Trinajstić information content (AvgIpc) is 2.28. The summed E-state index contributed by atoms with van der Waals surface area (Å²) in [5, 5.41) is 9.35. The van der Waals surface area contributed by atoms with Gasteiger partial charge in [0.1, 0.15) is 5.75 Å². The van der Waals surface area contributed by atoms with Crippen LogP contribution < -0.4 is 0 Å². The van der Waals surface area contributed by atoms with Gasteiger partial charge in [0.25, 0.3) is 0 Å². The fourth-order valence-electron chi connectivity index (χ4n) is 1.57. The van der Waals surface area contributed by atoms with Crippen LogP contribution in [0.1, 0.15) is 19.4 Å². The highest BCUT2D eigenvalue weighted by atomic mass is 35.5. The molecule has 0 aliphatic carbocycles. The summed E-state index contributed by atoms with van der Waals surface area (Å²) in [5.41, 5.74) is 0.332. The van der Waals surface area contributed by atoms with Gasteiger partial charge in [-0.3, -0.25) is 4.79 Å². The predicted octanol–water partition coefficient (Wildman–Crippen LogP) is 2.62. The van der Waals surface area contributed by atoms with E-state index in [9.17, 15) is 9.90 Å². The van der Waals surface area contributed by atoms with Crippen LogP contribution in [0.4, 0.5) is 0 Å². The van der Waals surface area contributed by atoms with Crippen molar-refractivity contribution in [2.75, 3.05) is 12.9 Å². The number of phenols is 1. The van der Waals surface area contributed by atoms with Crippen molar-refractivity contribution in [3.8, 4) is 5.75 Å². The summed E-state index contributed by atoms with van der Waals surface area (Å²) >= 11 is 5.77. The molecule has 1 rings (SSSR count). The van der Waals surface area contributed by atoms with Crippen molar-refractivity contribution in [3.05, 3.63) is 29.8 Å². The molecule has 0 aliphatic rings. The topological polar surface area (TPSA) is 40.5 Å². The molecule has 1 N–H and O–H groups in total. The van der Waals surface area contributed by atoms with Crippen molar-refractivity contribution >= 4 is 17.5 Å². The molecule has 0 spiro atoms. The van der Waals surface area contributed by atoms with Crippen LogP contribution in [0.5, 0.6) is 5.75 Å². The molecule has 0 unspecified atom stereocenters. The van der Waals surface area contributed by atoms with E-state index in [1.165, 1.54) is 0 Å². The third-order valence-electron chi connectivity index (χ3n) is 2.59. The minimum absolute atomic E-state index is 0.00385. The van der Waals surface area contributed by atoms with E-state index in [1.807, 2.05) is 19.9 Å². The minimum atomic E-state index is -0.562. The lowest BCUT2D eigenvalue weighted by molar-refractivity contribution is -0.138. The predicted molar refractivity (Wildman–Crippen MR) is 69.1 cm³/mol. The molecular weight excluding hydrogens is 238 g/mol. The van der Waals surface area contributed by atoms with Crippen LogP contribution >= 0.6 is 11.6 Å². The van der Waals surface area contributed by atoms with Gasteiger partial charge in [-0.15, -0.1) is 11.6 Å². The second-order valence-electron chi connectivity index (χ2n) is 4.85. The standard InChI is InChI=1S/C13H18ClNO2/c1-13(2,9-14)12(17)15(3)8-10-5-4-6-11(16)7-10/h4-7,16H,8-9H2,1-3H3. The van der Waals surface area contributed by atoms with Crippen LogP contribution in [0.15, 0.2) is 24.3 Å². The van der Waals surface area contributed by atoms with E-state index in [4.69, 9.17) is 11.6 Å². The van der Waals surface area contributed by atoms with Gasteiger partial charge in [0.15, 0.2) is 0 Å². The minimum Gasteiger partial charge on any atom is -0.508 e. The number of carbonyl (C=O) groups is 1. The molecule has 0 bridgehead atoms. The van der Waals surface area contributed by atoms with Crippen LogP contribution in [0.25, 0.3) is 0 Å². The van der Waals surface area contributed by atoms with Crippen LogP contribution in [-0.2, 0) is 11.3 Å². The fourth-order valence-corrected chi connectivity index (χ4v) is 1.69. The maximum atomic E-state index is 12.1. The molecule has 4 heteroatoms. The van der Waals surface area contributed by atoms with Gasteiger partial charge in [-0.2, -0.15) is 0 Å². The number of alkyl halides is 1. The zero-order chi connectivity index (χ0) is 13.1. The summed E-state index contributed by atoms with van der Waals surface area (Å²) in [5.74, 6) is 0.492. The van der Waals surface area contributed by atoms with Crippen LogP contribution in [-0.4, -0.2) is 28.8 Å². The molecule has 0 saturated carbocycles. The summed E-state index contributed by atoms with van der Waals surface area (Å²) in [6.07, 6.45) is 0. The van der Waals surface area contributed by atoms with E-state index in [0.717, 1.165) is 5.56 Å². The van der Waals surface area contributed by atoms with Crippen molar-refractivity contribution in [1.82, 2.24) is 4.90 Å². The first-order valence-electron chi connectivity index (χ1n) is 5.46. The highest BCUT2D eigenvalue weighted by molar-refractivity contribution is 6.19. The molecule has 0 saturated heterocycles. The van der Waals surface area contributed by atoms with Crippen LogP contribution in [0.3, 0.4) is 0 Å². The maximum absolute atomic E-state index is 12.1. The number of benzene rings is 1. The summed E-state index contributed by atoms with van der Waals surface area (Å²) in [7, 11) is 1.74. The molecule has 1 amide bonds. The zero-order valence-corrected chi connectivity index (χ0v) is 11.2. The lowest BCUT2D eigenvalue weighted by Gasteiger charge is -2.27. The number of hydrogen-bond donors (Lipinski definition) is 1. The summed E-state index contributed by atoms with van der Waals surface area (Å²) < 4.78 is 0. The Kier molecular flexibility index (Phi) is 4.40. The van der Waals surface area contributed by atoms with Crippen LogP contribution in [0.2, 0.25) is 0 Å². The molecular formula is C13H18ClNO2. The Morgan fingerprint density at radius 3 is 2.65 bits per heavy atom. The Morgan fingerprint density at radius 2 is 2.12 bits per heavy atom. The van der Waals surface area contributed by atoms with Gasteiger partial charge in [0.2, 0.25) is 5.91 Å². The number of nitrogens with zero attached hydrogens (tertiary/aromatic N) is 1. The molecule has 17 heavy (non-hydrogen) atoms. The van der Waals surface area contributed by atoms with Crippen molar-refractivity contribution in [2.45, 2.75) is 20.4 Å². The number of halogens is 1. The molecule has 3 nitrogen and oxygen atoms in total. The molecule has 94 valence electrons. The van der Waals surface area contributed by atoms with E-state index in [-0.39, 0.29) is 17.5 Å². The van der Waals surface area contributed by atoms with Gasteiger partial charge in [-0.05, 0) is 31.5 Å². The highest BCUT2D eigenvalue weighted by Crippen LogP contribution is 2.21. The first kappa shape index (κ1) is 13.8. The Hall–Kier alpha value is -1.22. The van der Waals surface area contributed by atoms with Crippen molar-refractivity contribution in [3.63, 3.8) is 0 Å². The highest BCUT2D eigenvalue weighted by Gasteiger charge is 2.29. The molecule has 0 heterocycles. The van der Waals surface area contributed by atoms with Crippen molar-refractivity contribution in [2.24, 2.45) is 5.41 Å². The van der Waals surface area contributed by atoms with E-state index >= 15 is 0 Å². The van der Waals surface area contributed by atoms with E-state index in [0.29, 0.717) is 6.54 Å². The van der Waals surface area contributed by atoms with Crippen LogP contribution in [0, 0.1) is 5.41 Å². The summed E-state index contributed by atoms with van der Waals surface area (Å²) in [6, 6.07) is 6.89. The van der Waals surface area contributed by atoms with E-state index < -0.39 is 5.41 Å². The van der Waals surface area contributed by atoms with Crippen molar-refractivity contribution in [1.29, 1.82) is 0 Å². The quantitative estimate of drug-likeness (QED) is 0.841. The van der Waals surface area contributed by atoms with Gasteiger partial charge in [0, 0.05) is 19.5 Å². The van der Waals surface area contributed by atoms with E-state index in [1.54, 1.807) is 30.1 Å². The third kappa shape index (κ3) is 3.63. The first-order valence-corrected chi connectivity index (χ1v) is 6.00. The normalized spacial score (nSPS) is 11.3. The Morgan fingerprint density at radius 1 is 1.47 bits per heavy atom. The fraction of sp³-hybridized carbons (Fsp3) is 0.462. The van der Waals surface area contributed by atoms with Gasteiger partial charge < -0.3 is 10.0 Å². The number of hydrogen-bond acceptors (Lipinski definition) is 2. The molecule has 0 atom stereocenters. The first-order chi connectivity index (χ1) is 7.86. The number of aromatic hydroxyl groups is 1. The molecule has 1 aromatic rings. The molecule has 0 fully saturated rings. The Bertz CT molecular complexity index is 404. The van der Waals surface area contributed by atoms with Gasteiger partial charge in [0.05, 0.1) is 5.41 Å². The largest absolute Gasteiger partial charge is 0.508 e. The van der Waals surface area contributed by atoms with E-state index in [2.05, 4.69) is 0 Å². The summed E-state index contributed by atoms with van der Waals surface area (Å²) in [4.78, 5) is 13.7. The number of phenolic OH excluding ortho intramolecular Hbond substituents is 1. The van der Waals surface area contributed by atoms with Gasteiger partial charge in [-0.1, -0.05) is 12.1 Å². The number of carbonyl (C=O) groups excluding carboxylic acids is 1. The SMILES string of the molecule is CN(Cc1cccc(O)c1)C(=O)C(C)(C)CCl. The molecule has 0 aliphatic heterocycles. The second-order valence-corrected chi connectivity index (χ2v) is 5.12. The zero-order valence-electron chi connectivity index (χ0n) is 10.4. The second kappa shape index (κ2) is 5.41. The Balaban J connectivity index is 2.73. The number of amides is 1.